The number of amides is 1. The van der Waals surface area contributed by atoms with E-state index in [1.165, 1.54) is 12.1 Å². The fourth-order valence-corrected chi connectivity index (χ4v) is 0.878. The summed E-state index contributed by atoms with van der Waals surface area (Å²) in [6.45, 7) is 0. The first-order valence-corrected chi connectivity index (χ1v) is 3.58. The molecule has 1 aromatic rings. The molecule has 0 saturated heterocycles. The quantitative estimate of drug-likeness (QED) is 0.728. The van der Waals surface area contributed by atoms with Gasteiger partial charge in [0.25, 0.3) is 0 Å². The van der Waals surface area contributed by atoms with E-state index in [0.29, 0.717) is 5.69 Å². The van der Waals surface area contributed by atoms with Gasteiger partial charge in [-0.1, -0.05) is 0 Å². The molecule has 1 amide bonds. The second-order valence-corrected chi connectivity index (χ2v) is 2.31. The van der Waals surface area contributed by atoms with E-state index in [-0.39, 0.29) is 5.75 Å². The molecule has 1 rings (SSSR count). The van der Waals surface area contributed by atoms with Crippen molar-refractivity contribution in [2.24, 2.45) is 5.73 Å². The maximum Gasteiger partial charge on any atom is 0.409 e. The molecule has 0 heterocycles. The number of anilines is 1. The summed E-state index contributed by atoms with van der Waals surface area (Å²) >= 11 is 0. The van der Waals surface area contributed by atoms with Crippen molar-refractivity contribution in [3.8, 4) is 5.75 Å². The van der Waals surface area contributed by atoms with Crippen LogP contribution in [0.25, 0.3) is 0 Å². The zero-order valence-electron chi connectivity index (χ0n) is 7.00. The smallest absolute Gasteiger partial charge is 0.409 e. The van der Waals surface area contributed by atoms with E-state index in [0.717, 1.165) is 6.07 Å². The second-order valence-electron chi connectivity index (χ2n) is 2.31. The summed E-state index contributed by atoms with van der Waals surface area (Å²) in [5, 5.41) is 2.63. The summed E-state index contributed by atoms with van der Waals surface area (Å²) in [5.74, 6) is -0.412. The third-order valence-corrected chi connectivity index (χ3v) is 1.43. The third kappa shape index (κ3) is 2.33. The molecule has 0 aromatic heterocycles. The van der Waals surface area contributed by atoms with Crippen LogP contribution in [-0.2, 0) is 0 Å². The highest BCUT2D eigenvalue weighted by molar-refractivity contribution is 5.68. The molecule has 0 radical (unpaired) electrons. The highest BCUT2D eigenvalue weighted by Crippen LogP contribution is 2.19. The number of primary amides is 1. The SMILES string of the molecule is CNc1ccc(OC(N)=O)cc1F. The van der Waals surface area contributed by atoms with Crippen molar-refractivity contribution in [1.82, 2.24) is 0 Å². The van der Waals surface area contributed by atoms with Gasteiger partial charge in [0.05, 0.1) is 5.69 Å². The van der Waals surface area contributed by atoms with Crippen LogP contribution in [0, 0.1) is 5.82 Å². The molecule has 0 aliphatic rings. The fraction of sp³-hybridized carbons (Fsp3) is 0.125. The van der Waals surface area contributed by atoms with E-state index < -0.39 is 11.9 Å². The highest BCUT2D eigenvalue weighted by atomic mass is 19.1. The van der Waals surface area contributed by atoms with Gasteiger partial charge in [0.1, 0.15) is 11.6 Å². The van der Waals surface area contributed by atoms with Crippen molar-refractivity contribution in [3.63, 3.8) is 0 Å². The van der Waals surface area contributed by atoms with E-state index in [9.17, 15) is 9.18 Å². The van der Waals surface area contributed by atoms with E-state index in [1.807, 2.05) is 0 Å². The predicted octanol–water partition coefficient (Wildman–Crippen LogP) is 1.32. The van der Waals surface area contributed by atoms with Gasteiger partial charge in [0.15, 0.2) is 0 Å². The minimum absolute atomic E-state index is 0.0870. The van der Waals surface area contributed by atoms with E-state index in [1.54, 1.807) is 7.05 Å². The van der Waals surface area contributed by atoms with Crippen LogP contribution in [0.4, 0.5) is 14.9 Å². The summed E-state index contributed by atoms with van der Waals surface area (Å²) in [5.41, 5.74) is 5.08. The summed E-state index contributed by atoms with van der Waals surface area (Å²) in [6.07, 6.45) is -0.961. The molecule has 0 saturated carbocycles. The van der Waals surface area contributed by atoms with Crippen LogP contribution in [-0.4, -0.2) is 13.1 Å². The average Bonchev–Trinajstić information content (AvgIpc) is 2.03. The van der Waals surface area contributed by atoms with E-state index in [4.69, 9.17) is 5.73 Å². The van der Waals surface area contributed by atoms with Crippen LogP contribution in [0.1, 0.15) is 0 Å². The lowest BCUT2D eigenvalue weighted by molar-refractivity contribution is 0.210. The first kappa shape index (κ1) is 9.31. The van der Waals surface area contributed by atoms with Gasteiger partial charge < -0.3 is 15.8 Å². The van der Waals surface area contributed by atoms with Crippen molar-refractivity contribution in [2.45, 2.75) is 0 Å². The van der Waals surface area contributed by atoms with Crippen molar-refractivity contribution < 1.29 is 13.9 Å². The number of hydrogen-bond acceptors (Lipinski definition) is 3. The molecule has 1 aromatic carbocycles. The van der Waals surface area contributed by atoms with Crippen LogP contribution in [0.15, 0.2) is 18.2 Å². The van der Waals surface area contributed by atoms with Crippen LogP contribution in [0.5, 0.6) is 5.75 Å². The molecule has 0 fully saturated rings. The first-order valence-electron chi connectivity index (χ1n) is 3.58. The Morgan fingerprint density at radius 1 is 1.62 bits per heavy atom. The molecular formula is C8H9FN2O2. The lowest BCUT2D eigenvalue weighted by Crippen LogP contribution is -2.16. The molecule has 0 spiro atoms. The molecule has 0 bridgehead atoms. The Hall–Kier alpha value is -1.78. The minimum atomic E-state index is -0.961. The standard InChI is InChI=1S/C8H9FN2O2/c1-11-7-3-2-5(4-6(7)9)13-8(10)12/h2-4,11H,1H3,(H2,10,12). The Bertz CT molecular complexity index is 328. The summed E-state index contributed by atoms with van der Waals surface area (Å²) in [6, 6.07) is 3.98. The maximum atomic E-state index is 13.0. The van der Waals surface area contributed by atoms with Crippen molar-refractivity contribution in [1.29, 1.82) is 0 Å². The number of hydrogen-bond donors (Lipinski definition) is 2. The van der Waals surface area contributed by atoms with Crippen LogP contribution < -0.4 is 15.8 Å². The van der Waals surface area contributed by atoms with Gasteiger partial charge in [-0.05, 0) is 12.1 Å². The monoisotopic (exact) mass is 184 g/mol. The van der Waals surface area contributed by atoms with Gasteiger partial charge in [-0.15, -0.1) is 0 Å². The molecule has 70 valence electrons. The average molecular weight is 184 g/mol. The summed E-state index contributed by atoms with van der Waals surface area (Å²) in [4.78, 5) is 10.3. The first-order chi connectivity index (χ1) is 6.13. The van der Waals surface area contributed by atoms with Gasteiger partial charge in [-0.25, -0.2) is 9.18 Å². The molecule has 0 aliphatic heterocycles. The molecule has 13 heavy (non-hydrogen) atoms. The van der Waals surface area contributed by atoms with Crippen molar-refractivity contribution in [2.75, 3.05) is 12.4 Å². The number of carbonyl (C=O) groups excluding carboxylic acids is 1. The lowest BCUT2D eigenvalue weighted by atomic mass is 10.3. The highest BCUT2D eigenvalue weighted by Gasteiger charge is 2.03. The lowest BCUT2D eigenvalue weighted by Gasteiger charge is -2.04. The normalized spacial score (nSPS) is 9.38. The molecule has 0 unspecified atom stereocenters. The van der Waals surface area contributed by atoms with Gasteiger partial charge >= 0.3 is 6.09 Å². The Morgan fingerprint density at radius 2 is 2.31 bits per heavy atom. The summed E-state index contributed by atoms with van der Waals surface area (Å²) in [7, 11) is 1.59. The number of benzene rings is 1. The number of carbonyl (C=O) groups is 1. The number of nitrogens with two attached hydrogens (primary N) is 1. The third-order valence-electron chi connectivity index (χ3n) is 1.43. The van der Waals surface area contributed by atoms with Crippen LogP contribution in [0.3, 0.4) is 0 Å². The van der Waals surface area contributed by atoms with Crippen molar-refractivity contribution >= 4 is 11.8 Å². The second kappa shape index (κ2) is 3.75. The largest absolute Gasteiger partial charge is 0.410 e. The minimum Gasteiger partial charge on any atom is -0.410 e. The zero-order valence-corrected chi connectivity index (χ0v) is 7.00. The zero-order chi connectivity index (χ0) is 9.84. The fourth-order valence-electron chi connectivity index (χ4n) is 0.878. The van der Waals surface area contributed by atoms with E-state index >= 15 is 0 Å². The molecule has 5 heteroatoms. The van der Waals surface area contributed by atoms with E-state index in [2.05, 4.69) is 10.1 Å². The summed E-state index contributed by atoms with van der Waals surface area (Å²) < 4.78 is 17.5. The van der Waals surface area contributed by atoms with Gasteiger partial charge in [0, 0.05) is 13.1 Å². The molecule has 0 atom stereocenters. The number of ether oxygens (including phenoxy) is 1. The Balaban J connectivity index is 2.89. The number of nitrogens with one attached hydrogen (secondary N) is 1. The molecule has 4 nitrogen and oxygen atoms in total. The van der Waals surface area contributed by atoms with Gasteiger partial charge in [0.2, 0.25) is 0 Å². The number of halogens is 1. The van der Waals surface area contributed by atoms with Gasteiger partial charge in [-0.3, -0.25) is 0 Å². The number of rotatable bonds is 2. The predicted molar refractivity (Wildman–Crippen MR) is 46.2 cm³/mol. The molecule has 3 N–H and O–H groups in total. The topological polar surface area (TPSA) is 64.3 Å². The maximum absolute atomic E-state index is 13.0. The van der Waals surface area contributed by atoms with Gasteiger partial charge in [-0.2, -0.15) is 0 Å². The Morgan fingerprint density at radius 3 is 2.77 bits per heavy atom. The van der Waals surface area contributed by atoms with Crippen LogP contribution >= 0.6 is 0 Å². The Labute approximate surface area is 74.5 Å². The molecular weight excluding hydrogens is 175 g/mol. The van der Waals surface area contributed by atoms with Crippen LogP contribution in [0.2, 0.25) is 0 Å². The van der Waals surface area contributed by atoms with Crippen molar-refractivity contribution in [3.05, 3.63) is 24.0 Å². The molecule has 0 aliphatic carbocycles. The Kier molecular flexibility index (Phi) is 2.69.